The van der Waals surface area contributed by atoms with E-state index in [2.05, 4.69) is 12.7 Å². The molecule has 0 saturated heterocycles. The van der Waals surface area contributed by atoms with E-state index in [1.54, 1.807) is 0 Å². The minimum absolute atomic E-state index is 0.990. The van der Waals surface area contributed by atoms with Crippen LogP contribution in [0.5, 0.6) is 0 Å². The molecule has 0 spiro atoms. The van der Waals surface area contributed by atoms with E-state index in [1.807, 2.05) is 32.1 Å². The molecule has 0 aliphatic heterocycles. The standard InChI is InChI=1S/C9H14/c1-4-5-6-7-8-9(2)3/h4-7H,2,8H2,1,3H3/b5-4-,7-6-. The van der Waals surface area contributed by atoms with Gasteiger partial charge in [-0.25, -0.2) is 0 Å². The largest absolute Gasteiger partial charge is 0.0998 e. The number of rotatable bonds is 3. The Bertz CT molecular complexity index is 127. The summed E-state index contributed by atoms with van der Waals surface area (Å²) >= 11 is 0. The summed E-state index contributed by atoms with van der Waals surface area (Å²) in [6.07, 6.45) is 9.15. The van der Waals surface area contributed by atoms with Crippen LogP contribution in [0.1, 0.15) is 20.3 Å². The normalized spacial score (nSPS) is 11.3. The van der Waals surface area contributed by atoms with Gasteiger partial charge in [0, 0.05) is 0 Å². The van der Waals surface area contributed by atoms with Gasteiger partial charge in [0.05, 0.1) is 0 Å². The van der Waals surface area contributed by atoms with Crippen molar-refractivity contribution in [3.05, 3.63) is 36.5 Å². The zero-order valence-corrected chi connectivity index (χ0v) is 6.22. The van der Waals surface area contributed by atoms with Crippen LogP contribution in [0, 0.1) is 0 Å². The first-order valence-electron chi connectivity index (χ1n) is 3.19. The second kappa shape index (κ2) is 5.36. The van der Waals surface area contributed by atoms with E-state index < -0.39 is 0 Å². The summed E-state index contributed by atoms with van der Waals surface area (Å²) < 4.78 is 0. The molecule has 0 unspecified atom stereocenters. The van der Waals surface area contributed by atoms with Crippen LogP contribution < -0.4 is 0 Å². The fourth-order valence-corrected chi connectivity index (χ4v) is 0.459. The Morgan fingerprint density at radius 2 is 2.11 bits per heavy atom. The van der Waals surface area contributed by atoms with Crippen LogP contribution in [0.2, 0.25) is 0 Å². The molecule has 0 aromatic carbocycles. The summed E-state index contributed by atoms with van der Waals surface area (Å²) in [5, 5.41) is 0. The van der Waals surface area contributed by atoms with Gasteiger partial charge >= 0.3 is 0 Å². The van der Waals surface area contributed by atoms with Gasteiger partial charge in [-0.2, -0.15) is 0 Å². The van der Waals surface area contributed by atoms with Gasteiger partial charge in [0.1, 0.15) is 0 Å². The average Bonchev–Trinajstić information content (AvgIpc) is 1.80. The number of hydrogen-bond acceptors (Lipinski definition) is 0. The first-order valence-corrected chi connectivity index (χ1v) is 3.19. The van der Waals surface area contributed by atoms with Crippen molar-refractivity contribution in [1.29, 1.82) is 0 Å². The second-order valence-corrected chi connectivity index (χ2v) is 2.12. The van der Waals surface area contributed by atoms with E-state index >= 15 is 0 Å². The summed E-state index contributed by atoms with van der Waals surface area (Å²) in [7, 11) is 0. The van der Waals surface area contributed by atoms with Gasteiger partial charge in [0.25, 0.3) is 0 Å². The first-order chi connectivity index (χ1) is 4.27. The zero-order chi connectivity index (χ0) is 7.11. The fourth-order valence-electron chi connectivity index (χ4n) is 0.459. The monoisotopic (exact) mass is 122 g/mol. The summed E-state index contributed by atoms with van der Waals surface area (Å²) in [4.78, 5) is 0. The molecular weight excluding hydrogens is 108 g/mol. The van der Waals surface area contributed by atoms with Crippen molar-refractivity contribution in [1.82, 2.24) is 0 Å². The Balaban J connectivity index is 3.36. The van der Waals surface area contributed by atoms with Gasteiger partial charge in [0.2, 0.25) is 0 Å². The number of hydrogen-bond donors (Lipinski definition) is 0. The van der Waals surface area contributed by atoms with E-state index in [0.29, 0.717) is 0 Å². The molecule has 50 valence electrons. The molecule has 0 heteroatoms. The highest BCUT2D eigenvalue weighted by atomic mass is 13.8. The molecule has 0 nitrogen and oxygen atoms in total. The van der Waals surface area contributed by atoms with E-state index in [4.69, 9.17) is 0 Å². The molecule has 0 N–H and O–H groups in total. The van der Waals surface area contributed by atoms with Crippen molar-refractivity contribution in [2.24, 2.45) is 0 Å². The maximum absolute atomic E-state index is 3.78. The van der Waals surface area contributed by atoms with Crippen molar-refractivity contribution < 1.29 is 0 Å². The van der Waals surface area contributed by atoms with E-state index in [1.165, 1.54) is 5.57 Å². The van der Waals surface area contributed by atoms with Crippen LogP contribution >= 0.6 is 0 Å². The molecule has 0 rings (SSSR count). The maximum atomic E-state index is 3.78. The minimum atomic E-state index is 0.990. The van der Waals surface area contributed by atoms with E-state index in [0.717, 1.165) is 6.42 Å². The third-order valence-electron chi connectivity index (χ3n) is 0.906. The van der Waals surface area contributed by atoms with Crippen LogP contribution in [-0.4, -0.2) is 0 Å². The highest BCUT2D eigenvalue weighted by Crippen LogP contribution is 1.95. The third-order valence-corrected chi connectivity index (χ3v) is 0.906. The van der Waals surface area contributed by atoms with Crippen molar-refractivity contribution in [3.63, 3.8) is 0 Å². The summed E-state index contributed by atoms with van der Waals surface area (Å²) in [5.74, 6) is 0. The Labute approximate surface area is 57.6 Å². The molecular formula is C9H14. The maximum Gasteiger partial charge on any atom is -0.0141 e. The summed E-state index contributed by atoms with van der Waals surface area (Å²) in [5.41, 5.74) is 1.20. The quantitative estimate of drug-likeness (QED) is 0.398. The lowest BCUT2D eigenvalue weighted by molar-refractivity contribution is 1.23. The lowest BCUT2D eigenvalue weighted by atomic mass is 10.2. The van der Waals surface area contributed by atoms with Crippen molar-refractivity contribution >= 4 is 0 Å². The lowest BCUT2D eigenvalue weighted by Crippen LogP contribution is -1.64. The van der Waals surface area contributed by atoms with Gasteiger partial charge in [-0.05, 0) is 20.3 Å². The highest BCUT2D eigenvalue weighted by Gasteiger charge is 1.74. The van der Waals surface area contributed by atoms with Gasteiger partial charge in [-0.15, -0.1) is 0 Å². The van der Waals surface area contributed by atoms with Gasteiger partial charge in [0.15, 0.2) is 0 Å². The smallest absolute Gasteiger partial charge is 0.0141 e. The predicted octanol–water partition coefficient (Wildman–Crippen LogP) is 3.08. The molecule has 0 radical (unpaired) electrons. The van der Waals surface area contributed by atoms with Crippen molar-refractivity contribution in [2.75, 3.05) is 0 Å². The van der Waals surface area contributed by atoms with Gasteiger partial charge in [-0.1, -0.05) is 36.5 Å². The topological polar surface area (TPSA) is 0 Å². The zero-order valence-electron chi connectivity index (χ0n) is 6.22. The molecule has 0 aliphatic carbocycles. The highest BCUT2D eigenvalue weighted by molar-refractivity contribution is 5.06. The van der Waals surface area contributed by atoms with Crippen LogP contribution in [0.3, 0.4) is 0 Å². The average molecular weight is 122 g/mol. The molecule has 0 bridgehead atoms. The minimum Gasteiger partial charge on any atom is -0.0998 e. The van der Waals surface area contributed by atoms with Crippen LogP contribution in [0.15, 0.2) is 36.5 Å². The van der Waals surface area contributed by atoms with E-state index in [-0.39, 0.29) is 0 Å². The Morgan fingerprint density at radius 1 is 1.44 bits per heavy atom. The molecule has 0 aromatic heterocycles. The lowest BCUT2D eigenvalue weighted by Gasteiger charge is -1.85. The SMILES string of the molecule is C=C(C)C/C=C\C=C/C. The molecule has 0 atom stereocenters. The molecule has 0 aliphatic rings. The molecule has 0 fully saturated rings. The predicted molar refractivity (Wildman–Crippen MR) is 43.4 cm³/mol. The molecule has 0 saturated carbocycles. The van der Waals surface area contributed by atoms with Crippen LogP contribution in [0.25, 0.3) is 0 Å². The summed E-state index contributed by atoms with van der Waals surface area (Å²) in [6.45, 7) is 7.81. The second-order valence-electron chi connectivity index (χ2n) is 2.12. The van der Waals surface area contributed by atoms with Crippen molar-refractivity contribution in [3.8, 4) is 0 Å². The summed E-state index contributed by atoms with van der Waals surface area (Å²) in [6, 6.07) is 0. The molecule has 0 heterocycles. The van der Waals surface area contributed by atoms with Gasteiger partial charge < -0.3 is 0 Å². The molecule has 0 aromatic rings. The van der Waals surface area contributed by atoms with Crippen LogP contribution in [-0.2, 0) is 0 Å². The number of allylic oxidation sites excluding steroid dienone is 5. The Morgan fingerprint density at radius 3 is 2.56 bits per heavy atom. The third kappa shape index (κ3) is 7.22. The first kappa shape index (κ1) is 8.22. The molecule has 0 amide bonds. The Kier molecular flexibility index (Phi) is 4.89. The molecule has 9 heavy (non-hydrogen) atoms. The van der Waals surface area contributed by atoms with Gasteiger partial charge in [-0.3, -0.25) is 0 Å². The van der Waals surface area contributed by atoms with Crippen LogP contribution in [0.4, 0.5) is 0 Å². The van der Waals surface area contributed by atoms with Crippen molar-refractivity contribution in [2.45, 2.75) is 20.3 Å². The Hall–Kier alpha value is -0.780. The van der Waals surface area contributed by atoms with E-state index in [9.17, 15) is 0 Å². The fraction of sp³-hybridized carbons (Fsp3) is 0.333.